The van der Waals surface area contributed by atoms with Crippen molar-refractivity contribution in [3.05, 3.63) is 48.5 Å². The lowest BCUT2D eigenvalue weighted by Crippen LogP contribution is -2.27. The van der Waals surface area contributed by atoms with Crippen molar-refractivity contribution >= 4 is 5.91 Å². The van der Waals surface area contributed by atoms with E-state index in [4.69, 9.17) is 10.5 Å². The van der Waals surface area contributed by atoms with Crippen LogP contribution in [0.2, 0.25) is 0 Å². The Balaban J connectivity index is 1.99. The summed E-state index contributed by atoms with van der Waals surface area (Å²) < 4.78 is 7.59. The molecule has 1 amide bonds. The molecule has 2 atom stereocenters. The Bertz CT molecular complexity index is 579. The lowest BCUT2D eigenvalue weighted by Gasteiger charge is -2.17. The summed E-state index contributed by atoms with van der Waals surface area (Å²) in [5, 5.41) is 0. The third kappa shape index (κ3) is 2.13. The first-order valence-corrected chi connectivity index (χ1v) is 6.27. The first kappa shape index (κ1) is 11.9. The van der Waals surface area contributed by atoms with E-state index in [-0.39, 0.29) is 17.9 Å². The zero-order chi connectivity index (χ0) is 13.2. The van der Waals surface area contributed by atoms with Gasteiger partial charge in [0.1, 0.15) is 11.9 Å². The molecule has 0 saturated carbocycles. The number of ether oxygens (including phenoxy) is 1. The molecule has 0 bridgehead atoms. The molecule has 2 heterocycles. The highest BCUT2D eigenvalue weighted by Gasteiger charge is 2.36. The van der Waals surface area contributed by atoms with E-state index >= 15 is 0 Å². The van der Waals surface area contributed by atoms with Crippen LogP contribution in [0.3, 0.4) is 0 Å². The molecule has 5 heteroatoms. The minimum atomic E-state index is -0.354. The van der Waals surface area contributed by atoms with Gasteiger partial charge in [-0.25, -0.2) is 4.98 Å². The first-order valence-electron chi connectivity index (χ1n) is 6.27. The molecular formula is C14H15N3O2. The summed E-state index contributed by atoms with van der Waals surface area (Å²) in [6.45, 7) is 0.542. The molecule has 0 aliphatic carbocycles. The van der Waals surface area contributed by atoms with E-state index in [1.165, 1.54) is 0 Å². The van der Waals surface area contributed by atoms with E-state index in [9.17, 15) is 4.79 Å². The molecule has 0 spiro atoms. The molecule has 2 aromatic rings. The van der Waals surface area contributed by atoms with Gasteiger partial charge in [-0.2, -0.15) is 0 Å². The quantitative estimate of drug-likeness (QED) is 0.904. The second-order valence-electron chi connectivity index (χ2n) is 4.58. The van der Waals surface area contributed by atoms with Gasteiger partial charge in [0, 0.05) is 24.7 Å². The van der Waals surface area contributed by atoms with Crippen LogP contribution in [0.25, 0.3) is 5.69 Å². The fraction of sp³-hybridized carbons (Fsp3) is 0.286. The van der Waals surface area contributed by atoms with Crippen molar-refractivity contribution in [2.45, 2.75) is 12.5 Å². The highest BCUT2D eigenvalue weighted by Crippen LogP contribution is 2.34. The molecule has 0 radical (unpaired) electrons. The number of aromatic nitrogens is 2. The minimum absolute atomic E-state index is 0.301. The van der Waals surface area contributed by atoms with Gasteiger partial charge in [-0.15, -0.1) is 0 Å². The fourth-order valence-electron chi connectivity index (χ4n) is 2.47. The second kappa shape index (κ2) is 4.85. The number of hydrogen-bond acceptors (Lipinski definition) is 3. The average molecular weight is 257 g/mol. The summed E-state index contributed by atoms with van der Waals surface area (Å²) in [5.41, 5.74) is 6.42. The Labute approximate surface area is 111 Å². The topological polar surface area (TPSA) is 70.1 Å². The number of carbonyl (C=O) groups is 1. The maximum absolute atomic E-state index is 11.5. The lowest BCUT2D eigenvalue weighted by atomic mass is 10.0. The number of hydrogen-bond donors (Lipinski definition) is 1. The maximum atomic E-state index is 11.5. The molecule has 1 fully saturated rings. The summed E-state index contributed by atoms with van der Waals surface area (Å²) in [6.07, 6.45) is 3.88. The first-order chi connectivity index (χ1) is 9.27. The number of rotatable bonds is 3. The van der Waals surface area contributed by atoms with Gasteiger partial charge in [-0.3, -0.25) is 4.79 Å². The van der Waals surface area contributed by atoms with Gasteiger partial charge in [0.05, 0.1) is 5.92 Å². The average Bonchev–Trinajstić information content (AvgIpc) is 3.08. The van der Waals surface area contributed by atoms with E-state index < -0.39 is 0 Å². The van der Waals surface area contributed by atoms with Crippen LogP contribution in [0.5, 0.6) is 0 Å². The SMILES string of the molecule is NC(=O)[C@@H]1CCO[C@H]1c1nccn1-c1ccccc1. The van der Waals surface area contributed by atoms with Crippen molar-refractivity contribution in [2.24, 2.45) is 11.7 Å². The van der Waals surface area contributed by atoms with Crippen LogP contribution in [0.1, 0.15) is 18.3 Å². The van der Waals surface area contributed by atoms with Gasteiger partial charge in [0.15, 0.2) is 0 Å². The highest BCUT2D eigenvalue weighted by molar-refractivity contribution is 5.77. The molecule has 2 N–H and O–H groups in total. The highest BCUT2D eigenvalue weighted by atomic mass is 16.5. The third-order valence-corrected chi connectivity index (χ3v) is 3.42. The van der Waals surface area contributed by atoms with Gasteiger partial charge in [0.2, 0.25) is 5.91 Å². The van der Waals surface area contributed by atoms with Crippen LogP contribution >= 0.6 is 0 Å². The van der Waals surface area contributed by atoms with Crippen molar-refractivity contribution in [3.8, 4) is 5.69 Å². The summed E-state index contributed by atoms with van der Waals surface area (Å²) in [4.78, 5) is 15.8. The van der Waals surface area contributed by atoms with Crippen molar-refractivity contribution in [2.75, 3.05) is 6.61 Å². The summed E-state index contributed by atoms with van der Waals surface area (Å²) in [7, 11) is 0. The molecule has 19 heavy (non-hydrogen) atoms. The Morgan fingerprint density at radius 2 is 2.16 bits per heavy atom. The predicted octanol–water partition coefficient (Wildman–Crippen LogP) is 1.44. The molecule has 98 valence electrons. The van der Waals surface area contributed by atoms with E-state index in [0.717, 1.165) is 11.5 Å². The van der Waals surface area contributed by atoms with E-state index in [1.807, 2.05) is 41.1 Å². The van der Waals surface area contributed by atoms with Crippen LogP contribution in [-0.4, -0.2) is 22.1 Å². The fourth-order valence-corrected chi connectivity index (χ4v) is 2.47. The summed E-state index contributed by atoms with van der Waals surface area (Å²) >= 11 is 0. The van der Waals surface area contributed by atoms with Gasteiger partial charge in [0.25, 0.3) is 0 Å². The smallest absolute Gasteiger partial charge is 0.223 e. The standard InChI is InChI=1S/C14H15N3O2/c15-13(18)11-6-9-19-12(11)14-16-7-8-17(14)10-4-2-1-3-5-10/h1-5,7-8,11-12H,6,9H2,(H2,15,18)/t11-,12-/m1/s1. The monoisotopic (exact) mass is 257 g/mol. The van der Waals surface area contributed by atoms with E-state index in [2.05, 4.69) is 4.98 Å². The second-order valence-corrected chi connectivity index (χ2v) is 4.58. The number of primary amides is 1. The Kier molecular flexibility index (Phi) is 3.05. The third-order valence-electron chi connectivity index (χ3n) is 3.42. The number of carbonyl (C=O) groups excluding carboxylic acids is 1. The normalized spacial score (nSPS) is 22.5. The zero-order valence-corrected chi connectivity index (χ0v) is 10.4. The number of benzene rings is 1. The molecule has 1 saturated heterocycles. The molecule has 0 unspecified atom stereocenters. The number of nitrogens with zero attached hydrogens (tertiary/aromatic N) is 2. The van der Waals surface area contributed by atoms with E-state index in [1.54, 1.807) is 6.20 Å². The number of para-hydroxylation sites is 1. The maximum Gasteiger partial charge on any atom is 0.223 e. The predicted molar refractivity (Wildman–Crippen MR) is 69.6 cm³/mol. The van der Waals surface area contributed by atoms with Crippen LogP contribution in [0.4, 0.5) is 0 Å². The minimum Gasteiger partial charge on any atom is -0.369 e. The van der Waals surface area contributed by atoms with Gasteiger partial charge in [-0.1, -0.05) is 18.2 Å². The summed E-state index contributed by atoms with van der Waals surface area (Å²) in [6, 6.07) is 9.84. The van der Waals surface area contributed by atoms with Crippen LogP contribution < -0.4 is 5.73 Å². The van der Waals surface area contributed by atoms with Crippen LogP contribution in [-0.2, 0) is 9.53 Å². The zero-order valence-electron chi connectivity index (χ0n) is 10.4. The molecule has 1 aromatic heterocycles. The Hall–Kier alpha value is -2.14. The van der Waals surface area contributed by atoms with Crippen molar-refractivity contribution in [3.63, 3.8) is 0 Å². The van der Waals surface area contributed by atoms with Crippen LogP contribution in [0.15, 0.2) is 42.7 Å². The van der Waals surface area contributed by atoms with Gasteiger partial charge in [-0.05, 0) is 18.6 Å². The molecule has 1 aliphatic rings. The van der Waals surface area contributed by atoms with E-state index in [0.29, 0.717) is 13.0 Å². The number of nitrogens with two attached hydrogens (primary N) is 1. The molecule has 1 aromatic carbocycles. The molecule has 5 nitrogen and oxygen atoms in total. The van der Waals surface area contributed by atoms with Crippen molar-refractivity contribution in [1.29, 1.82) is 0 Å². The van der Waals surface area contributed by atoms with Gasteiger partial charge >= 0.3 is 0 Å². The van der Waals surface area contributed by atoms with Gasteiger partial charge < -0.3 is 15.0 Å². The van der Waals surface area contributed by atoms with Crippen molar-refractivity contribution < 1.29 is 9.53 Å². The molecule has 1 aliphatic heterocycles. The van der Waals surface area contributed by atoms with Crippen molar-refractivity contribution in [1.82, 2.24) is 9.55 Å². The largest absolute Gasteiger partial charge is 0.369 e. The Morgan fingerprint density at radius 1 is 1.37 bits per heavy atom. The Morgan fingerprint density at radius 3 is 2.89 bits per heavy atom. The lowest BCUT2D eigenvalue weighted by molar-refractivity contribution is -0.123. The number of amides is 1. The summed E-state index contributed by atoms with van der Waals surface area (Å²) in [5.74, 6) is 0.0995. The van der Waals surface area contributed by atoms with Crippen LogP contribution in [0, 0.1) is 5.92 Å². The molecular weight excluding hydrogens is 242 g/mol. The number of imidazole rings is 1. The molecule has 3 rings (SSSR count).